The summed E-state index contributed by atoms with van der Waals surface area (Å²) in [5.74, 6) is 0. The molecule has 0 aliphatic carbocycles. The molecule has 0 heterocycles. The molecule has 0 aromatic heterocycles. The first kappa shape index (κ1) is 11.7. The standard InChI is InChI=1S/C8H6BrF2O2P/c9-5-6-3-1-2-4-7(6)8(10,11)14(12)13/h1-4H,5H2/p+1. The molecule has 2 nitrogen and oxygen atoms in total. The summed E-state index contributed by atoms with van der Waals surface area (Å²) in [6.45, 7) is 0. The lowest BCUT2D eigenvalue weighted by Gasteiger charge is -2.07. The van der Waals surface area contributed by atoms with Crippen molar-refractivity contribution in [1.29, 1.82) is 0 Å². The van der Waals surface area contributed by atoms with E-state index in [0.29, 0.717) is 5.56 Å². The molecule has 1 unspecified atom stereocenters. The molecule has 1 aromatic carbocycles. The Morgan fingerprint density at radius 3 is 2.50 bits per heavy atom. The van der Waals surface area contributed by atoms with Gasteiger partial charge in [-0.05, 0) is 16.2 Å². The smallest absolute Gasteiger partial charge is 0.156 e. The lowest BCUT2D eigenvalue weighted by Crippen LogP contribution is -2.10. The van der Waals surface area contributed by atoms with Crippen LogP contribution in [0.2, 0.25) is 0 Å². The maximum Gasteiger partial charge on any atom is 0.589 e. The molecule has 0 bridgehead atoms. The van der Waals surface area contributed by atoms with E-state index in [0.717, 1.165) is 6.07 Å². The Labute approximate surface area is 88.9 Å². The van der Waals surface area contributed by atoms with Crippen molar-refractivity contribution in [3.8, 4) is 0 Å². The van der Waals surface area contributed by atoms with Gasteiger partial charge in [0, 0.05) is 5.33 Å². The molecule has 0 aliphatic heterocycles. The SMILES string of the molecule is O=[P+](O)C(F)(F)c1ccccc1CBr. The van der Waals surface area contributed by atoms with Crippen LogP contribution < -0.4 is 0 Å². The van der Waals surface area contributed by atoms with Crippen LogP contribution in [0.3, 0.4) is 0 Å². The molecule has 0 saturated carbocycles. The largest absolute Gasteiger partial charge is 0.589 e. The second kappa shape index (κ2) is 4.43. The lowest BCUT2D eigenvalue weighted by molar-refractivity contribution is 0.0807. The van der Waals surface area contributed by atoms with Gasteiger partial charge in [0.05, 0.1) is 5.56 Å². The number of hydrogen-bond acceptors (Lipinski definition) is 1. The molecule has 1 aromatic rings. The summed E-state index contributed by atoms with van der Waals surface area (Å²) in [4.78, 5) is 8.50. The second-order valence-electron chi connectivity index (χ2n) is 2.60. The lowest BCUT2D eigenvalue weighted by atomic mass is 10.1. The van der Waals surface area contributed by atoms with Gasteiger partial charge in [0.15, 0.2) is 0 Å². The van der Waals surface area contributed by atoms with Crippen molar-refractivity contribution in [3.63, 3.8) is 0 Å². The first-order valence-corrected chi connectivity index (χ1v) is 6.02. The summed E-state index contributed by atoms with van der Waals surface area (Å²) < 4.78 is 36.8. The van der Waals surface area contributed by atoms with Crippen molar-refractivity contribution in [1.82, 2.24) is 0 Å². The molecular weight excluding hydrogens is 277 g/mol. The molecule has 0 fully saturated rings. The minimum Gasteiger partial charge on any atom is -0.156 e. The average Bonchev–Trinajstić information content (AvgIpc) is 2.17. The minimum absolute atomic E-state index is 0.224. The quantitative estimate of drug-likeness (QED) is 0.682. The summed E-state index contributed by atoms with van der Waals surface area (Å²) in [6, 6.07) is 5.64. The third-order valence-electron chi connectivity index (χ3n) is 1.73. The fraction of sp³-hybridized carbons (Fsp3) is 0.250. The van der Waals surface area contributed by atoms with Gasteiger partial charge in [-0.2, -0.15) is 4.89 Å². The first-order chi connectivity index (χ1) is 6.50. The second-order valence-corrected chi connectivity index (χ2v) is 4.27. The molecule has 0 saturated heterocycles. The molecule has 0 amide bonds. The van der Waals surface area contributed by atoms with Gasteiger partial charge >= 0.3 is 13.7 Å². The van der Waals surface area contributed by atoms with E-state index in [4.69, 9.17) is 4.89 Å². The average molecular weight is 284 g/mol. The Balaban J connectivity index is 3.24. The van der Waals surface area contributed by atoms with Crippen molar-refractivity contribution in [2.75, 3.05) is 0 Å². The zero-order chi connectivity index (χ0) is 10.8. The van der Waals surface area contributed by atoms with Gasteiger partial charge in [0.25, 0.3) is 0 Å². The van der Waals surface area contributed by atoms with E-state index in [1.165, 1.54) is 12.1 Å². The fourth-order valence-electron chi connectivity index (χ4n) is 1.03. The highest BCUT2D eigenvalue weighted by Gasteiger charge is 2.54. The Hall–Kier alpha value is -0.380. The van der Waals surface area contributed by atoms with Gasteiger partial charge in [-0.15, -0.1) is 8.78 Å². The van der Waals surface area contributed by atoms with Crippen LogP contribution >= 0.6 is 24.0 Å². The van der Waals surface area contributed by atoms with Crippen LogP contribution in [0.15, 0.2) is 24.3 Å². The summed E-state index contributed by atoms with van der Waals surface area (Å²) in [5.41, 5.74) is -3.77. The van der Waals surface area contributed by atoms with Crippen LogP contribution in [-0.2, 0) is 15.6 Å². The maximum absolute atomic E-state index is 13.2. The number of hydrogen-bond donors (Lipinski definition) is 1. The van der Waals surface area contributed by atoms with Crippen molar-refractivity contribution < 1.29 is 18.2 Å². The molecule has 14 heavy (non-hydrogen) atoms. The Bertz CT molecular complexity index is 357. The van der Waals surface area contributed by atoms with E-state index in [9.17, 15) is 13.3 Å². The highest BCUT2D eigenvalue weighted by Crippen LogP contribution is 2.48. The van der Waals surface area contributed by atoms with E-state index in [-0.39, 0.29) is 5.33 Å². The van der Waals surface area contributed by atoms with Gasteiger partial charge in [-0.3, -0.25) is 0 Å². The molecule has 0 spiro atoms. The topological polar surface area (TPSA) is 37.3 Å². The van der Waals surface area contributed by atoms with Crippen molar-refractivity contribution in [2.45, 2.75) is 11.0 Å². The fourth-order valence-corrected chi connectivity index (χ4v) is 1.95. The number of benzene rings is 1. The maximum atomic E-state index is 13.2. The number of rotatable bonds is 3. The van der Waals surface area contributed by atoms with E-state index in [2.05, 4.69) is 15.9 Å². The Kier molecular flexibility index (Phi) is 3.70. The van der Waals surface area contributed by atoms with Crippen molar-refractivity contribution in [3.05, 3.63) is 35.4 Å². The summed E-state index contributed by atoms with van der Waals surface area (Å²) in [7, 11) is -3.55. The van der Waals surface area contributed by atoms with Crippen LogP contribution in [0.5, 0.6) is 0 Å². The Morgan fingerprint density at radius 1 is 1.43 bits per heavy atom. The van der Waals surface area contributed by atoms with Gasteiger partial charge < -0.3 is 0 Å². The molecule has 0 radical (unpaired) electrons. The van der Waals surface area contributed by atoms with Crippen LogP contribution in [-0.4, -0.2) is 4.89 Å². The molecule has 76 valence electrons. The predicted molar refractivity (Wildman–Crippen MR) is 52.8 cm³/mol. The third kappa shape index (κ3) is 2.16. The number of alkyl halides is 3. The predicted octanol–water partition coefficient (Wildman–Crippen LogP) is 3.37. The third-order valence-corrected chi connectivity index (χ3v) is 3.05. The van der Waals surface area contributed by atoms with Gasteiger partial charge in [0.2, 0.25) is 0 Å². The monoisotopic (exact) mass is 283 g/mol. The normalized spacial score (nSPS) is 12.7. The van der Waals surface area contributed by atoms with Crippen LogP contribution in [0, 0.1) is 0 Å². The van der Waals surface area contributed by atoms with E-state index >= 15 is 0 Å². The molecule has 0 aliphatic rings. The molecule has 1 atom stereocenters. The molecule has 1 rings (SSSR count). The van der Waals surface area contributed by atoms with E-state index in [1.807, 2.05) is 0 Å². The van der Waals surface area contributed by atoms with Gasteiger partial charge in [-0.25, -0.2) is 0 Å². The van der Waals surface area contributed by atoms with Crippen molar-refractivity contribution in [2.24, 2.45) is 0 Å². The van der Waals surface area contributed by atoms with Crippen LogP contribution in [0.25, 0.3) is 0 Å². The highest BCUT2D eigenvalue weighted by atomic mass is 79.9. The Morgan fingerprint density at radius 2 is 2.00 bits per heavy atom. The van der Waals surface area contributed by atoms with Gasteiger partial charge in [-0.1, -0.05) is 34.1 Å². The zero-order valence-electron chi connectivity index (χ0n) is 6.95. The van der Waals surface area contributed by atoms with E-state index < -0.39 is 19.3 Å². The first-order valence-electron chi connectivity index (χ1n) is 3.68. The van der Waals surface area contributed by atoms with Crippen LogP contribution in [0.1, 0.15) is 11.1 Å². The summed E-state index contributed by atoms with van der Waals surface area (Å²) in [5, 5.41) is 0.224. The minimum atomic E-state index is -3.68. The van der Waals surface area contributed by atoms with Crippen LogP contribution in [0.4, 0.5) is 8.78 Å². The van der Waals surface area contributed by atoms with Crippen molar-refractivity contribution >= 4 is 24.0 Å². The number of halogens is 3. The zero-order valence-corrected chi connectivity index (χ0v) is 9.43. The van der Waals surface area contributed by atoms with E-state index in [1.54, 1.807) is 6.07 Å². The summed E-state index contributed by atoms with van der Waals surface area (Å²) >= 11 is 3.04. The molecule has 1 N–H and O–H groups in total. The van der Waals surface area contributed by atoms with Gasteiger partial charge in [0.1, 0.15) is 0 Å². The molecule has 6 heteroatoms. The molecular formula is C8H7BrF2O2P+. The highest BCUT2D eigenvalue weighted by molar-refractivity contribution is 9.08. The summed E-state index contributed by atoms with van der Waals surface area (Å²) in [6.07, 6.45) is 0.